The fourth-order valence-electron chi connectivity index (χ4n) is 4.28. The largest absolute Gasteiger partial charge is 0.385 e. The number of hydrogen-bond acceptors (Lipinski definition) is 8. The Morgan fingerprint density at radius 2 is 1.94 bits per heavy atom. The van der Waals surface area contributed by atoms with Gasteiger partial charge in [-0.3, -0.25) is 4.90 Å². The molecule has 2 N–H and O–H groups in total. The maximum Gasteiger partial charge on any atom is 0.206 e. The number of hydrogen-bond donors (Lipinski definition) is 2. The lowest BCUT2D eigenvalue weighted by Gasteiger charge is -2.36. The minimum atomic E-state index is 0.644. The third-order valence-corrected chi connectivity index (χ3v) is 7.31. The van der Waals surface area contributed by atoms with Gasteiger partial charge in [0.15, 0.2) is 0 Å². The number of thiazole rings is 1. The lowest BCUT2D eigenvalue weighted by Crippen LogP contribution is -2.46. The number of aromatic amines is 1. The summed E-state index contributed by atoms with van der Waals surface area (Å²) in [5.41, 5.74) is 4.46. The topological polar surface area (TPSA) is 85.9 Å². The molecule has 6 rings (SSSR count). The zero-order valence-electron chi connectivity index (χ0n) is 17.9. The molecule has 2 aromatic carbocycles. The first-order chi connectivity index (χ1) is 15.8. The molecule has 3 heterocycles. The average molecular weight is 447 g/mol. The first-order valence-corrected chi connectivity index (χ1v) is 12.1. The molecular weight excluding hydrogens is 420 g/mol. The molecule has 2 aromatic heterocycles. The van der Waals surface area contributed by atoms with Crippen molar-refractivity contribution in [1.29, 1.82) is 0 Å². The van der Waals surface area contributed by atoms with E-state index < -0.39 is 0 Å². The van der Waals surface area contributed by atoms with Crippen molar-refractivity contribution in [3.63, 3.8) is 0 Å². The Morgan fingerprint density at radius 3 is 2.72 bits per heavy atom. The van der Waals surface area contributed by atoms with Gasteiger partial charge in [0, 0.05) is 44.0 Å². The van der Waals surface area contributed by atoms with E-state index in [9.17, 15) is 0 Å². The van der Waals surface area contributed by atoms with Gasteiger partial charge in [-0.05, 0) is 54.3 Å². The molecule has 0 bridgehead atoms. The van der Waals surface area contributed by atoms with E-state index in [-0.39, 0.29) is 0 Å². The Balaban J connectivity index is 1.17. The number of tetrazole rings is 1. The van der Waals surface area contributed by atoms with Crippen LogP contribution in [0.3, 0.4) is 0 Å². The van der Waals surface area contributed by atoms with Gasteiger partial charge in [0.2, 0.25) is 5.82 Å². The highest BCUT2D eigenvalue weighted by molar-refractivity contribution is 7.18. The average Bonchev–Trinajstić information content (AvgIpc) is 3.32. The predicted octanol–water partition coefficient (Wildman–Crippen LogP) is 3.62. The van der Waals surface area contributed by atoms with Gasteiger partial charge in [0.25, 0.3) is 0 Å². The van der Waals surface area contributed by atoms with E-state index >= 15 is 0 Å². The summed E-state index contributed by atoms with van der Waals surface area (Å²) in [4.78, 5) is 9.76. The number of benzene rings is 2. The van der Waals surface area contributed by atoms with Crippen molar-refractivity contribution in [3.05, 3.63) is 47.5 Å². The fraction of sp³-hybridized carbons (Fsp3) is 0.391. The second kappa shape index (κ2) is 8.48. The van der Waals surface area contributed by atoms with Gasteiger partial charge in [-0.1, -0.05) is 12.1 Å². The van der Waals surface area contributed by atoms with Crippen molar-refractivity contribution in [2.75, 3.05) is 42.9 Å². The molecule has 1 aliphatic carbocycles. The molecule has 32 heavy (non-hydrogen) atoms. The van der Waals surface area contributed by atoms with Crippen LogP contribution in [0.15, 0.2) is 42.5 Å². The molecule has 1 aliphatic heterocycles. The number of anilines is 2. The van der Waals surface area contributed by atoms with Crippen molar-refractivity contribution in [3.8, 4) is 11.4 Å². The summed E-state index contributed by atoms with van der Waals surface area (Å²) in [5.74, 6) is 1.48. The maximum absolute atomic E-state index is 4.81. The van der Waals surface area contributed by atoms with E-state index in [1.165, 1.54) is 28.2 Å². The number of aromatic nitrogens is 5. The fourth-order valence-corrected chi connectivity index (χ4v) is 5.29. The second-order valence-electron chi connectivity index (χ2n) is 8.63. The van der Waals surface area contributed by atoms with E-state index in [4.69, 9.17) is 4.98 Å². The normalized spacial score (nSPS) is 17.2. The number of para-hydroxylation sites is 1. The molecule has 2 aliphatic rings. The highest BCUT2D eigenvalue weighted by Gasteiger charge is 2.24. The zero-order valence-corrected chi connectivity index (χ0v) is 18.7. The van der Waals surface area contributed by atoms with Crippen molar-refractivity contribution in [1.82, 2.24) is 30.5 Å². The molecular formula is C23H26N8S. The van der Waals surface area contributed by atoms with Gasteiger partial charge in [0.1, 0.15) is 5.01 Å². The van der Waals surface area contributed by atoms with Gasteiger partial charge in [-0.15, -0.1) is 21.5 Å². The third kappa shape index (κ3) is 4.18. The molecule has 1 saturated carbocycles. The van der Waals surface area contributed by atoms with Crippen molar-refractivity contribution in [2.24, 2.45) is 5.92 Å². The number of fused-ring (bicyclic) bond motifs is 1. The smallest absolute Gasteiger partial charge is 0.206 e. The molecule has 0 amide bonds. The second-order valence-corrected chi connectivity index (χ2v) is 9.75. The van der Waals surface area contributed by atoms with Crippen LogP contribution in [0.25, 0.3) is 21.6 Å². The number of rotatable bonds is 7. The summed E-state index contributed by atoms with van der Waals surface area (Å²) in [6.45, 7) is 5.89. The molecule has 0 radical (unpaired) electrons. The van der Waals surface area contributed by atoms with Crippen molar-refractivity contribution >= 4 is 32.9 Å². The minimum Gasteiger partial charge on any atom is -0.385 e. The van der Waals surface area contributed by atoms with Crippen LogP contribution >= 0.6 is 11.3 Å². The van der Waals surface area contributed by atoms with E-state index in [0.717, 1.165) is 62.0 Å². The van der Waals surface area contributed by atoms with Gasteiger partial charge >= 0.3 is 0 Å². The number of piperazine rings is 1. The summed E-state index contributed by atoms with van der Waals surface area (Å²) in [5, 5.41) is 19.6. The molecule has 1 saturated heterocycles. The predicted molar refractivity (Wildman–Crippen MR) is 128 cm³/mol. The minimum absolute atomic E-state index is 0.644. The van der Waals surface area contributed by atoms with E-state index in [1.807, 2.05) is 0 Å². The highest BCUT2D eigenvalue weighted by atomic mass is 32.1. The molecule has 0 spiro atoms. The van der Waals surface area contributed by atoms with Crippen molar-refractivity contribution in [2.45, 2.75) is 19.4 Å². The Kier molecular flexibility index (Phi) is 5.20. The lowest BCUT2D eigenvalue weighted by molar-refractivity contribution is 0.250. The number of nitrogens with one attached hydrogen (secondary N) is 2. The zero-order chi connectivity index (χ0) is 21.3. The van der Waals surface area contributed by atoms with Crippen LogP contribution in [0.4, 0.5) is 11.4 Å². The maximum atomic E-state index is 4.81. The Morgan fingerprint density at radius 1 is 1.06 bits per heavy atom. The summed E-state index contributed by atoms with van der Waals surface area (Å²) in [6.07, 6.45) is 2.69. The van der Waals surface area contributed by atoms with Crippen LogP contribution in [0.2, 0.25) is 0 Å². The molecule has 8 nitrogen and oxygen atoms in total. The standard InChI is InChI=1S/C23H26N8S/c1-2-4-21-19(3-1)25-22(32-21)15-30-9-11-31(12-10-30)20-13-17(24-14-16-5-6-16)7-8-18(20)23-26-28-29-27-23/h1-4,7-8,13,16,24H,5-6,9-12,14-15H2,(H,26,27,28,29). The van der Waals surface area contributed by atoms with Gasteiger partial charge < -0.3 is 10.2 Å². The van der Waals surface area contributed by atoms with E-state index in [1.54, 1.807) is 11.3 Å². The third-order valence-electron chi connectivity index (χ3n) is 6.29. The van der Waals surface area contributed by atoms with E-state index in [2.05, 4.69) is 78.2 Å². The van der Waals surface area contributed by atoms with Crippen LogP contribution < -0.4 is 10.2 Å². The summed E-state index contributed by atoms with van der Waals surface area (Å²) in [6, 6.07) is 14.9. The van der Waals surface area contributed by atoms with Crippen LogP contribution in [0.1, 0.15) is 17.8 Å². The molecule has 164 valence electrons. The van der Waals surface area contributed by atoms with Crippen LogP contribution in [-0.2, 0) is 6.54 Å². The summed E-state index contributed by atoms with van der Waals surface area (Å²) < 4.78 is 1.27. The summed E-state index contributed by atoms with van der Waals surface area (Å²) >= 11 is 1.80. The molecule has 4 aromatic rings. The Bertz CT molecular complexity index is 1160. The van der Waals surface area contributed by atoms with Crippen molar-refractivity contribution < 1.29 is 0 Å². The Hall–Kier alpha value is -3.04. The molecule has 0 unspecified atom stereocenters. The van der Waals surface area contributed by atoms with Gasteiger partial charge in [0.05, 0.1) is 22.4 Å². The van der Waals surface area contributed by atoms with Crippen LogP contribution in [0.5, 0.6) is 0 Å². The summed E-state index contributed by atoms with van der Waals surface area (Å²) in [7, 11) is 0. The Labute approximate surface area is 190 Å². The van der Waals surface area contributed by atoms with Gasteiger partial charge in [-0.2, -0.15) is 5.21 Å². The lowest BCUT2D eigenvalue weighted by atomic mass is 10.1. The van der Waals surface area contributed by atoms with Crippen LogP contribution in [0, 0.1) is 5.92 Å². The highest BCUT2D eigenvalue weighted by Crippen LogP contribution is 2.34. The number of nitrogens with zero attached hydrogens (tertiary/aromatic N) is 6. The van der Waals surface area contributed by atoms with E-state index in [0.29, 0.717) is 5.82 Å². The molecule has 0 atom stereocenters. The van der Waals surface area contributed by atoms with Gasteiger partial charge in [-0.25, -0.2) is 4.98 Å². The molecule has 2 fully saturated rings. The first kappa shape index (κ1) is 19.6. The number of H-pyrrole nitrogens is 1. The first-order valence-electron chi connectivity index (χ1n) is 11.3. The SMILES string of the molecule is c1ccc2sc(CN3CCN(c4cc(NCC5CC5)ccc4-c4nn[nH]n4)CC3)nc2c1. The monoisotopic (exact) mass is 446 g/mol. The quantitative estimate of drug-likeness (QED) is 0.448. The van der Waals surface area contributed by atoms with Crippen LogP contribution in [-0.4, -0.2) is 63.2 Å². The molecule has 9 heteroatoms.